The number of imide groups is 1. The van der Waals surface area contributed by atoms with Crippen molar-refractivity contribution in [3.8, 4) is 0 Å². The van der Waals surface area contributed by atoms with Crippen LogP contribution in [0.4, 0.5) is 10.5 Å². The third kappa shape index (κ3) is 4.94. The molecule has 0 saturated heterocycles. The van der Waals surface area contributed by atoms with Crippen LogP contribution in [0.5, 0.6) is 0 Å². The Morgan fingerprint density at radius 2 is 1.92 bits per heavy atom. The summed E-state index contributed by atoms with van der Waals surface area (Å²) in [5, 5.41) is 6.80. The number of hydrogen-bond acceptors (Lipinski definition) is 6. The highest BCUT2D eigenvalue weighted by atomic mass is 16.5. The zero-order chi connectivity index (χ0) is 19.1. The molecule has 0 aliphatic heterocycles. The van der Waals surface area contributed by atoms with Crippen molar-refractivity contribution >= 4 is 29.5 Å². The van der Waals surface area contributed by atoms with Gasteiger partial charge in [0.05, 0.1) is 11.8 Å². The topological polar surface area (TPSA) is 127 Å². The van der Waals surface area contributed by atoms with Crippen molar-refractivity contribution in [1.82, 2.24) is 10.6 Å². The normalized spacial score (nSPS) is 9.92. The zero-order valence-electron chi connectivity index (χ0n) is 14.1. The maximum absolute atomic E-state index is 12.0. The lowest BCUT2D eigenvalue weighted by Gasteiger charge is -2.10. The van der Waals surface area contributed by atoms with Gasteiger partial charge in [0.2, 0.25) is 0 Å². The van der Waals surface area contributed by atoms with Crippen LogP contribution in [0.25, 0.3) is 0 Å². The number of hydrogen-bond donors (Lipinski definition) is 3. The molecule has 136 valence electrons. The summed E-state index contributed by atoms with van der Waals surface area (Å²) in [5.74, 6) is -1.88. The zero-order valence-corrected chi connectivity index (χ0v) is 14.1. The van der Waals surface area contributed by atoms with Crippen molar-refractivity contribution in [3.63, 3.8) is 0 Å². The Balaban J connectivity index is 2.01. The average molecular weight is 359 g/mol. The summed E-state index contributed by atoms with van der Waals surface area (Å²) in [7, 11) is 1.35. The van der Waals surface area contributed by atoms with Crippen LogP contribution in [-0.4, -0.2) is 37.5 Å². The van der Waals surface area contributed by atoms with E-state index in [0.29, 0.717) is 5.69 Å². The van der Waals surface area contributed by atoms with Crippen LogP contribution in [0.2, 0.25) is 0 Å². The van der Waals surface area contributed by atoms with E-state index in [0.717, 1.165) is 5.56 Å². The van der Waals surface area contributed by atoms with E-state index in [-0.39, 0.29) is 11.3 Å². The number of rotatable bonds is 5. The summed E-state index contributed by atoms with van der Waals surface area (Å²) in [6.45, 7) is 1.14. The summed E-state index contributed by atoms with van der Waals surface area (Å²) in [5.41, 5.74) is 1.26. The number of amides is 4. The Hall–Kier alpha value is -3.62. The van der Waals surface area contributed by atoms with Crippen molar-refractivity contribution in [3.05, 3.63) is 53.5 Å². The number of urea groups is 1. The first-order valence-electron chi connectivity index (χ1n) is 7.55. The first kappa shape index (κ1) is 18.7. The third-order valence-electron chi connectivity index (χ3n) is 3.28. The van der Waals surface area contributed by atoms with Crippen molar-refractivity contribution in [1.29, 1.82) is 0 Å². The number of carbonyl (C=O) groups excluding carboxylic acids is 4. The van der Waals surface area contributed by atoms with E-state index in [2.05, 4.69) is 10.6 Å². The first-order chi connectivity index (χ1) is 12.4. The maximum atomic E-state index is 12.0. The highest BCUT2D eigenvalue weighted by Gasteiger charge is 2.15. The highest BCUT2D eigenvalue weighted by Crippen LogP contribution is 2.19. The summed E-state index contributed by atoms with van der Waals surface area (Å²) in [4.78, 5) is 46.5. The van der Waals surface area contributed by atoms with E-state index >= 15 is 0 Å². The van der Waals surface area contributed by atoms with Gasteiger partial charge < -0.3 is 19.8 Å². The highest BCUT2D eigenvalue weighted by molar-refractivity contribution is 6.03. The summed E-state index contributed by atoms with van der Waals surface area (Å²) in [6, 6.07) is 6.93. The molecule has 0 radical (unpaired) electrons. The van der Waals surface area contributed by atoms with Gasteiger partial charge in [0, 0.05) is 12.7 Å². The predicted octanol–water partition coefficient (Wildman–Crippen LogP) is 1.45. The fourth-order valence-corrected chi connectivity index (χ4v) is 1.91. The fraction of sp³-hybridized carbons (Fsp3) is 0.176. The molecule has 4 amide bonds. The first-order valence-corrected chi connectivity index (χ1v) is 7.55. The van der Waals surface area contributed by atoms with Crippen molar-refractivity contribution in [2.24, 2.45) is 0 Å². The molecule has 9 nitrogen and oxygen atoms in total. The largest absolute Gasteiger partial charge is 0.459 e. The summed E-state index contributed by atoms with van der Waals surface area (Å²) >= 11 is 0. The SMILES string of the molecule is CNC(=O)NC(=O)COC(=O)c1ccc(C)c(NC(=O)c2ccco2)c1. The lowest BCUT2D eigenvalue weighted by atomic mass is 10.1. The molecule has 0 spiro atoms. The molecule has 1 aromatic heterocycles. The van der Waals surface area contributed by atoms with E-state index in [9.17, 15) is 19.2 Å². The second-order valence-electron chi connectivity index (χ2n) is 5.16. The predicted molar refractivity (Wildman–Crippen MR) is 90.7 cm³/mol. The molecule has 0 aliphatic carbocycles. The number of furan rings is 1. The number of esters is 1. The number of nitrogens with one attached hydrogen (secondary N) is 3. The molecule has 0 fully saturated rings. The number of ether oxygens (including phenoxy) is 1. The third-order valence-corrected chi connectivity index (χ3v) is 3.28. The summed E-state index contributed by atoms with van der Waals surface area (Å²) in [6.07, 6.45) is 1.37. The molecule has 0 saturated carbocycles. The second kappa shape index (κ2) is 8.47. The minimum Gasteiger partial charge on any atom is -0.459 e. The van der Waals surface area contributed by atoms with Gasteiger partial charge in [-0.15, -0.1) is 0 Å². The van der Waals surface area contributed by atoms with Gasteiger partial charge in [0.1, 0.15) is 0 Å². The van der Waals surface area contributed by atoms with Crippen LogP contribution in [-0.2, 0) is 9.53 Å². The van der Waals surface area contributed by atoms with Crippen LogP contribution in [0.3, 0.4) is 0 Å². The van der Waals surface area contributed by atoms with E-state index in [1.165, 1.54) is 31.5 Å². The van der Waals surface area contributed by atoms with Crippen LogP contribution < -0.4 is 16.0 Å². The van der Waals surface area contributed by atoms with Gasteiger partial charge in [-0.1, -0.05) is 6.07 Å². The minimum absolute atomic E-state index is 0.128. The van der Waals surface area contributed by atoms with E-state index in [1.807, 2.05) is 5.32 Å². The van der Waals surface area contributed by atoms with Gasteiger partial charge in [-0.25, -0.2) is 9.59 Å². The number of carbonyl (C=O) groups is 4. The Bertz CT molecular complexity index is 829. The molecule has 0 bridgehead atoms. The van der Waals surface area contributed by atoms with Crippen LogP contribution in [0, 0.1) is 6.92 Å². The number of aryl methyl sites for hydroxylation is 1. The monoisotopic (exact) mass is 359 g/mol. The van der Waals surface area contributed by atoms with Gasteiger partial charge in [-0.2, -0.15) is 0 Å². The Morgan fingerprint density at radius 3 is 2.58 bits per heavy atom. The molecule has 1 aromatic carbocycles. The summed E-state index contributed by atoms with van der Waals surface area (Å²) < 4.78 is 9.86. The molecule has 0 aliphatic rings. The molecular weight excluding hydrogens is 342 g/mol. The molecule has 2 aromatic rings. The van der Waals surface area contributed by atoms with E-state index in [1.54, 1.807) is 19.1 Å². The lowest BCUT2D eigenvalue weighted by Crippen LogP contribution is -2.39. The van der Waals surface area contributed by atoms with Gasteiger partial charge in [-0.3, -0.25) is 14.9 Å². The standard InChI is InChI=1S/C17H17N3O6/c1-10-5-6-11(16(23)26-9-14(21)20-17(24)18-2)8-12(10)19-15(22)13-4-3-7-25-13/h3-8H,9H2,1-2H3,(H,19,22)(H2,18,20,21,24). The molecule has 0 atom stereocenters. The quantitative estimate of drug-likeness (QED) is 0.694. The average Bonchev–Trinajstić information content (AvgIpc) is 3.16. The minimum atomic E-state index is -0.773. The Labute approximate surface area is 148 Å². The van der Waals surface area contributed by atoms with Crippen LogP contribution in [0.1, 0.15) is 26.5 Å². The van der Waals surface area contributed by atoms with Crippen molar-refractivity contribution in [2.75, 3.05) is 19.0 Å². The Morgan fingerprint density at radius 1 is 1.15 bits per heavy atom. The van der Waals surface area contributed by atoms with Gasteiger partial charge in [0.25, 0.3) is 11.8 Å². The number of anilines is 1. The molecule has 3 N–H and O–H groups in total. The van der Waals surface area contributed by atoms with Crippen LogP contribution >= 0.6 is 0 Å². The second-order valence-corrected chi connectivity index (χ2v) is 5.16. The molecule has 0 unspecified atom stereocenters. The van der Waals surface area contributed by atoms with Gasteiger partial charge in [-0.05, 0) is 36.8 Å². The van der Waals surface area contributed by atoms with Crippen LogP contribution in [0.15, 0.2) is 41.0 Å². The smallest absolute Gasteiger partial charge is 0.338 e. The number of benzene rings is 1. The fourth-order valence-electron chi connectivity index (χ4n) is 1.91. The molecule has 26 heavy (non-hydrogen) atoms. The molecule has 2 rings (SSSR count). The van der Waals surface area contributed by atoms with E-state index < -0.39 is 30.4 Å². The Kier molecular flexibility index (Phi) is 6.10. The van der Waals surface area contributed by atoms with Crippen molar-refractivity contribution in [2.45, 2.75) is 6.92 Å². The van der Waals surface area contributed by atoms with Crippen molar-refractivity contribution < 1.29 is 28.3 Å². The molecule has 1 heterocycles. The molecular formula is C17H17N3O6. The molecule has 9 heteroatoms. The lowest BCUT2D eigenvalue weighted by molar-refractivity contribution is -0.123. The van der Waals surface area contributed by atoms with Gasteiger partial charge in [0.15, 0.2) is 12.4 Å². The maximum Gasteiger partial charge on any atom is 0.338 e. The van der Waals surface area contributed by atoms with Gasteiger partial charge >= 0.3 is 12.0 Å². The van der Waals surface area contributed by atoms with E-state index in [4.69, 9.17) is 9.15 Å².